The number of hydrogen-bond donors (Lipinski definition) is 3. The molecule has 2 aromatic rings. The van der Waals surface area contributed by atoms with Crippen molar-refractivity contribution in [3.8, 4) is 6.07 Å². The summed E-state index contributed by atoms with van der Waals surface area (Å²) in [6.07, 6.45) is 0.416. The van der Waals surface area contributed by atoms with E-state index in [2.05, 4.69) is 22.0 Å². The van der Waals surface area contributed by atoms with Gasteiger partial charge in [-0.3, -0.25) is 14.4 Å². The highest BCUT2D eigenvalue weighted by atomic mass is 35.5. The summed E-state index contributed by atoms with van der Waals surface area (Å²) < 4.78 is 5.67. The molecule has 1 aromatic heterocycles. The molecular formula is C21H20ClN5O4S. The lowest BCUT2D eigenvalue weighted by molar-refractivity contribution is -0.125. The fraction of sp³-hybridized carbons (Fsp3) is 0.333. The number of carbonyl (C=O) groups excluding carboxylic acids is 3. The third-order valence-corrected chi connectivity index (χ3v) is 6.49. The Balaban J connectivity index is 1.37. The van der Waals surface area contributed by atoms with Crippen LogP contribution in [0.3, 0.4) is 0 Å². The van der Waals surface area contributed by atoms with Gasteiger partial charge in [-0.1, -0.05) is 11.6 Å². The van der Waals surface area contributed by atoms with E-state index < -0.39 is 6.04 Å². The second-order valence-corrected chi connectivity index (χ2v) is 9.11. The minimum absolute atomic E-state index is 0.00491. The number of anilines is 2. The van der Waals surface area contributed by atoms with Crippen molar-refractivity contribution in [1.82, 2.24) is 10.6 Å². The van der Waals surface area contributed by atoms with E-state index in [1.165, 1.54) is 11.3 Å². The molecule has 4 rings (SSSR count). The predicted molar refractivity (Wildman–Crippen MR) is 120 cm³/mol. The van der Waals surface area contributed by atoms with Crippen LogP contribution in [0.4, 0.5) is 11.4 Å². The summed E-state index contributed by atoms with van der Waals surface area (Å²) in [5.41, 5.74) is 1.21. The van der Waals surface area contributed by atoms with E-state index in [1.54, 1.807) is 35.2 Å². The van der Waals surface area contributed by atoms with Crippen LogP contribution in [0, 0.1) is 11.3 Å². The van der Waals surface area contributed by atoms with Gasteiger partial charge in [-0.15, -0.1) is 11.3 Å². The standard InChI is InChI=1S/C21H20ClN5O4S/c22-18-4-3-17(32-18)21(30)25-13-8-16(24-10-13)20(29)26-15-2-1-14(7-12(15)9-23)27-5-6-31-11-19(27)28/h1-4,7,13,16,24H,5-6,8,10-11H2,(H,25,30)(H,26,29)/t13?,16-/m0/s1. The molecule has 166 valence electrons. The van der Waals surface area contributed by atoms with Crippen LogP contribution in [0.1, 0.15) is 21.7 Å². The molecule has 2 aliphatic rings. The summed E-state index contributed by atoms with van der Waals surface area (Å²) in [5, 5.41) is 18.3. The van der Waals surface area contributed by atoms with Gasteiger partial charge in [0.1, 0.15) is 12.7 Å². The first-order chi connectivity index (χ1) is 15.4. The number of rotatable bonds is 5. The fourth-order valence-corrected chi connectivity index (χ4v) is 4.60. The number of halogens is 1. The molecule has 3 N–H and O–H groups in total. The lowest BCUT2D eigenvalue weighted by Crippen LogP contribution is -2.41. The van der Waals surface area contributed by atoms with Crippen LogP contribution in [0.2, 0.25) is 4.34 Å². The maximum Gasteiger partial charge on any atom is 0.261 e. The van der Waals surface area contributed by atoms with E-state index in [4.69, 9.17) is 16.3 Å². The average molecular weight is 474 g/mol. The molecule has 9 nitrogen and oxygen atoms in total. The molecule has 1 unspecified atom stereocenters. The van der Waals surface area contributed by atoms with Crippen molar-refractivity contribution in [2.45, 2.75) is 18.5 Å². The number of thiophene rings is 1. The zero-order valence-corrected chi connectivity index (χ0v) is 18.5. The van der Waals surface area contributed by atoms with Gasteiger partial charge in [0, 0.05) is 24.8 Å². The lowest BCUT2D eigenvalue weighted by Gasteiger charge is -2.27. The molecule has 3 amide bonds. The molecule has 11 heteroatoms. The Kier molecular flexibility index (Phi) is 6.72. The van der Waals surface area contributed by atoms with Gasteiger partial charge in [0.25, 0.3) is 11.8 Å². The molecule has 0 bridgehead atoms. The SMILES string of the molecule is N#Cc1cc(N2CCOCC2=O)ccc1NC(=O)[C@@H]1CC(NC(=O)c2ccc(Cl)s2)CN1. The molecule has 32 heavy (non-hydrogen) atoms. The number of amides is 3. The quantitative estimate of drug-likeness (QED) is 0.607. The van der Waals surface area contributed by atoms with Gasteiger partial charge in [0.2, 0.25) is 5.91 Å². The van der Waals surface area contributed by atoms with Gasteiger partial charge in [0.15, 0.2) is 0 Å². The van der Waals surface area contributed by atoms with Gasteiger partial charge in [-0.2, -0.15) is 5.26 Å². The minimum atomic E-state index is -0.515. The molecule has 0 aliphatic carbocycles. The first kappa shape index (κ1) is 22.2. The van der Waals surface area contributed by atoms with Crippen molar-refractivity contribution < 1.29 is 19.1 Å². The van der Waals surface area contributed by atoms with Crippen LogP contribution in [-0.4, -0.2) is 56.1 Å². The summed E-state index contributed by atoms with van der Waals surface area (Å²) in [7, 11) is 0. The molecule has 0 spiro atoms. The van der Waals surface area contributed by atoms with Crippen LogP contribution in [0.5, 0.6) is 0 Å². The second kappa shape index (κ2) is 9.67. The molecule has 2 saturated heterocycles. The van der Waals surface area contributed by atoms with Crippen LogP contribution >= 0.6 is 22.9 Å². The summed E-state index contributed by atoms with van der Waals surface area (Å²) in [5.74, 6) is -0.702. The Morgan fingerprint density at radius 1 is 1.31 bits per heavy atom. The van der Waals surface area contributed by atoms with Gasteiger partial charge >= 0.3 is 0 Å². The highest BCUT2D eigenvalue weighted by molar-refractivity contribution is 7.18. The molecule has 2 fully saturated rings. The third kappa shape index (κ3) is 4.92. The number of benzene rings is 1. The minimum Gasteiger partial charge on any atom is -0.370 e. The van der Waals surface area contributed by atoms with Crippen molar-refractivity contribution in [2.24, 2.45) is 0 Å². The fourth-order valence-electron chi connectivity index (χ4n) is 3.65. The molecule has 2 atom stereocenters. The van der Waals surface area contributed by atoms with E-state index in [-0.39, 0.29) is 35.9 Å². The van der Waals surface area contributed by atoms with Gasteiger partial charge < -0.3 is 25.6 Å². The highest BCUT2D eigenvalue weighted by Gasteiger charge is 2.31. The van der Waals surface area contributed by atoms with Gasteiger partial charge in [0.05, 0.1) is 33.1 Å². The summed E-state index contributed by atoms with van der Waals surface area (Å²) in [4.78, 5) is 39.1. The van der Waals surface area contributed by atoms with Crippen LogP contribution in [-0.2, 0) is 14.3 Å². The third-order valence-electron chi connectivity index (χ3n) is 5.26. The normalized spacial score (nSPS) is 20.6. The Morgan fingerprint density at radius 2 is 2.16 bits per heavy atom. The summed E-state index contributed by atoms with van der Waals surface area (Å²) >= 11 is 7.07. The molecule has 1 aromatic carbocycles. The second-order valence-electron chi connectivity index (χ2n) is 7.40. The van der Waals surface area contributed by atoms with E-state index in [0.29, 0.717) is 46.7 Å². The van der Waals surface area contributed by atoms with Crippen LogP contribution in [0.25, 0.3) is 0 Å². The van der Waals surface area contributed by atoms with Crippen molar-refractivity contribution in [3.05, 3.63) is 45.1 Å². The van der Waals surface area contributed by atoms with Crippen molar-refractivity contribution >= 4 is 52.0 Å². The van der Waals surface area contributed by atoms with Crippen molar-refractivity contribution in [3.63, 3.8) is 0 Å². The number of morpholine rings is 1. The summed E-state index contributed by atoms with van der Waals surface area (Å²) in [6, 6.07) is 9.56. The van der Waals surface area contributed by atoms with Gasteiger partial charge in [-0.25, -0.2) is 0 Å². The Bertz CT molecular complexity index is 1100. The molecular weight excluding hydrogens is 454 g/mol. The monoisotopic (exact) mass is 473 g/mol. The molecule has 0 radical (unpaired) electrons. The van der Waals surface area contributed by atoms with Crippen molar-refractivity contribution in [1.29, 1.82) is 5.26 Å². The summed E-state index contributed by atoms with van der Waals surface area (Å²) in [6.45, 7) is 1.29. The Labute approximate surface area is 193 Å². The molecule has 0 saturated carbocycles. The maximum atomic E-state index is 12.7. The van der Waals surface area contributed by atoms with E-state index in [9.17, 15) is 19.6 Å². The van der Waals surface area contributed by atoms with Gasteiger partial charge in [-0.05, 0) is 36.8 Å². The van der Waals surface area contributed by atoms with E-state index >= 15 is 0 Å². The molecule has 2 aliphatic heterocycles. The van der Waals surface area contributed by atoms with E-state index in [1.807, 2.05) is 0 Å². The Morgan fingerprint density at radius 3 is 2.88 bits per heavy atom. The molecule has 3 heterocycles. The smallest absolute Gasteiger partial charge is 0.261 e. The largest absolute Gasteiger partial charge is 0.370 e. The predicted octanol–water partition coefficient (Wildman–Crippen LogP) is 1.74. The number of nitrogens with one attached hydrogen (secondary N) is 3. The number of nitriles is 1. The number of hydrogen-bond acceptors (Lipinski definition) is 7. The first-order valence-electron chi connectivity index (χ1n) is 9.97. The first-order valence-corrected chi connectivity index (χ1v) is 11.2. The van der Waals surface area contributed by atoms with Crippen molar-refractivity contribution in [2.75, 3.05) is 36.5 Å². The zero-order chi connectivity index (χ0) is 22.7. The van der Waals surface area contributed by atoms with E-state index in [0.717, 1.165) is 0 Å². The number of ether oxygens (including phenoxy) is 1. The maximum absolute atomic E-state index is 12.7. The Hall–Kier alpha value is -2.97. The number of carbonyl (C=O) groups is 3. The van der Waals surface area contributed by atoms with Crippen LogP contribution < -0.4 is 20.9 Å². The lowest BCUT2D eigenvalue weighted by atomic mass is 10.1. The highest BCUT2D eigenvalue weighted by Crippen LogP contribution is 2.25. The van der Waals surface area contributed by atoms with Crippen LogP contribution in [0.15, 0.2) is 30.3 Å². The average Bonchev–Trinajstić information content (AvgIpc) is 3.43. The topological polar surface area (TPSA) is 124 Å². The number of nitrogens with zero attached hydrogens (tertiary/aromatic N) is 2. The zero-order valence-electron chi connectivity index (χ0n) is 16.9.